The van der Waals surface area contributed by atoms with Gasteiger partial charge in [-0.15, -0.1) is 0 Å². The predicted octanol–water partition coefficient (Wildman–Crippen LogP) is 3.75. The van der Waals surface area contributed by atoms with E-state index in [1.807, 2.05) is 0 Å². The minimum Gasteiger partial charge on any atom is -0.489 e. The molecule has 0 fully saturated rings. The van der Waals surface area contributed by atoms with Gasteiger partial charge < -0.3 is 20.5 Å². The lowest BCUT2D eigenvalue weighted by Gasteiger charge is -2.22. The van der Waals surface area contributed by atoms with Crippen molar-refractivity contribution in [1.82, 2.24) is 5.32 Å². The number of alkyl carbamates (subject to hydrolysis) is 1. The van der Waals surface area contributed by atoms with Crippen molar-refractivity contribution in [2.24, 2.45) is 5.73 Å². The zero-order chi connectivity index (χ0) is 23.0. The van der Waals surface area contributed by atoms with Crippen LogP contribution in [0, 0.1) is 5.82 Å². The molecule has 8 heteroatoms. The molecule has 0 aliphatic heterocycles. The maximum atomic E-state index is 13.6. The fourth-order valence-electron chi connectivity index (χ4n) is 2.67. The van der Waals surface area contributed by atoms with Gasteiger partial charge in [0, 0.05) is 17.5 Å². The van der Waals surface area contributed by atoms with Crippen molar-refractivity contribution in [2.75, 3.05) is 0 Å². The van der Waals surface area contributed by atoms with E-state index >= 15 is 0 Å². The van der Waals surface area contributed by atoms with Gasteiger partial charge in [-0.05, 0) is 57.5 Å². The Labute approximate surface area is 180 Å². The van der Waals surface area contributed by atoms with Crippen molar-refractivity contribution >= 4 is 17.8 Å². The normalized spacial score (nSPS) is 12.0. The van der Waals surface area contributed by atoms with Gasteiger partial charge in [-0.25, -0.2) is 9.18 Å². The number of rotatable bonds is 9. The SMILES string of the molecule is CC(C)(C)OC(=O)NC(CCC(=O)c1ccc(OCc2ccccc2F)cc1)C(N)=O. The highest BCUT2D eigenvalue weighted by Gasteiger charge is 2.23. The van der Waals surface area contributed by atoms with Gasteiger partial charge in [0.1, 0.15) is 29.8 Å². The van der Waals surface area contributed by atoms with Crippen LogP contribution in [0.2, 0.25) is 0 Å². The minimum absolute atomic E-state index is 0.00116. The summed E-state index contributed by atoms with van der Waals surface area (Å²) in [5.74, 6) is -0.840. The lowest BCUT2D eigenvalue weighted by molar-refractivity contribution is -0.120. The summed E-state index contributed by atoms with van der Waals surface area (Å²) in [5.41, 5.74) is 5.44. The molecule has 2 amide bonds. The Morgan fingerprint density at radius 2 is 1.71 bits per heavy atom. The molecule has 166 valence electrons. The van der Waals surface area contributed by atoms with Crippen molar-refractivity contribution < 1.29 is 28.2 Å². The van der Waals surface area contributed by atoms with Crippen molar-refractivity contribution in [3.05, 3.63) is 65.5 Å². The highest BCUT2D eigenvalue weighted by molar-refractivity contribution is 5.96. The number of primary amides is 1. The van der Waals surface area contributed by atoms with Crippen LogP contribution in [0.25, 0.3) is 0 Å². The molecule has 0 aliphatic rings. The van der Waals surface area contributed by atoms with Crippen LogP contribution in [0.1, 0.15) is 49.5 Å². The molecule has 7 nitrogen and oxygen atoms in total. The Balaban J connectivity index is 1.88. The standard InChI is InChI=1S/C23H27FN2O5/c1-23(2,3)31-22(29)26-19(21(25)28)12-13-20(27)15-8-10-17(11-9-15)30-14-16-6-4-5-7-18(16)24/h4-11,19H,12-14H2,1-3H3,(H2,25,28)(H,26,29). The number of benzene rings is 2. The predicted molar refractivity (Wildman–Crippen MR) is 113 cm³/mol. The van der Waals surface area contributed by atoms with E-state index < -0.39 is 23.6 Å². The summed E-state index contributed by atoms with van der Waals surface area (Å²) in [7, 11) is 0. The Hall–Kier alpha value is -3.42. The molecule has 2 aromatic carbocycles. The number of nitrogens with one attached hydrogen (secondary N) is 1. The van der Waals surface area contributed by atoms with E-state index in [1.54, 1.807) is 63.2 Å². The first-order chi connectivity index (χ1) is 14.5. The molecule has 0 spiro atoms. The van der Waals surface area contributed by atoms with Crippen LogP contribution >= 0.6 is 0 Å². The number of ketones is 1. The van der Waals surface area contributed by atoms with Gasteiger partial charge in [0.2, 0.25) is 5.91 Å². The Kier molecular flexibility index (Phi) is 8.13. The van der Waals surface area contributed by atoms with Gasteiger partial charge in [-0.3, -0.25) is 9.59 Å². The second-order valence-corrected chi connectivity index (χ2v) is 7.97. The van der Waals surface area contributed by atoms with Gasteiger partial charge in [-0.2, -0.15) is 0 Å². The third kappa shape index (κ3) is 8.08. The third-order valence-electron chi connectivity index (χ3n) is 4.22. The molecule has 31 heavy (non-hydrogen) atoms. The molecule has 2 rings (SSSR count). The Morgan fingerprint density at radius 3 is 2.29 bits per heavy atom. The fourth-order valence-corrected chi connectivity index (χ4v) is 2.67. The zero-order valence-electron chi connectivity index (χ0n) is 17.8. The molecule has 0 radical (unpaired) electrons. The summed E-state index contributed by atoms with van der Waals surface area (Å²) in [4.78, 5) is 35.9. The molecule has 0 saturated carbocycles. The van der Waals surface area contributed by atoms with Crippen molar-refractivity contribution in [3.63, 3.8) is 0 Å². The van der Waals surface area contributed by atoms with Crippen LogP contribution in [0.3, 0.4) is 0 Å². The number of halogens is 1. The minimum atomic E-state index is -1.03. The average molecular weight is 430 g/mol. The Bertz CT molecular complexity index is 922. The van der Waals surface area contributed by atoms with Crippen LogP contribution < -0.4 is 15.8 Å². The molecule has 1 unspecified atom stereocenters. The third-order valence-corrected chi connectivity index (χ3v) is 4.22. The summed E-state index contributed by atoms with van der Waals surface area (Å²) < 4.78 is 24.3. The largest absolute Gasteiger partial charge is 0.489 e. The van der Waals surface area contributed by atoms with E-state index in [2.05, 4.69) is 5.32 Å². The quantitative estimate of drug-likeness (QED) is 0.589. The van der Waals surface area contributed by atoms with Crippen LogP contribution in [0.15, 0.2) is 48.5 Å². The Morgan fingerprint density at radius 1 is 1.06 bits per heavy atom. The average Bonchev–Trinajstić information content (AvgIpc) is 2.69. The maximum Gasteiger partial charge on any atom is 0.408 e. The zero-order valence-corrected chi connectivity index (χ0v) is 17.8. The van der Waals surface area contributed by atoms with Crippen LogP contribution in [-0.2, 0) is 16.1 Å². The van der Waals surface area contributed by atoms with Gasteiger partial charge >= 0.3 is 6.09 Å². The first kappa shape index (κ1) is 23.9. The van der Waals surface area contributed by atoms with Crippen molar-refractivity contribution in [3.8, 4) is 5.75 Å². The van der Waals surface area contributed by atoms with E-state index in [9.17, 15) is 18.8 Å². The number of nitrogens with two attached hydrogens (primary N) is 1. The molecule has 3 N–H and O–H groups in total. The first-order valence-electron chi connectivity index (χ1n) is 9.83. The summed E-state index contributed by atoms with van der Waals surface area (Å²) in [6.07, 6.45) is -0.738. The van der Waals surface area contributed by atoms with E-state index in [4.69, 9.17) is 15.2 Å². The highest BCUT2D eigenvalue weighted by atomic mass is 19.1. The number of amides is 2. The van der Waals surface area contributed by atoms with E-state index in [0.717, 1.165) is 0 Å². The number of ether oxygens (including phenoxy) is 2. The van der Waals surface area contributed by atoms with Crippen molar-refractivity contribution in [2.45, 2.75) is 51.9 Å². The number of hydrogen-bond acceptors (Lipinski definition) is 5. The van der Waals surface area contributed by atoms with Gasteiger partial charge in [0.25, 0.3) is 0 Å². The second-order valence-electron chi connectivity index (χ2n) is 7.97. The lowest BCUT2D eigenvalue weighted by atomic mass is 10.0. The molecule has 0 aliphatic carbocycles. The molecular formula is C23H27FN2O5. The van der Waals surface area contributed by atoms with Crippen LogP contribution in [-0.4, -0.2) is 29.4 Å². The van der Waals surface area contributed by atoms with Gasteiger partial charge in [-0.1, -0.05) is 18.2 Å². The van der Waals surface area contributed by atoms with Crippen LogP contribution in [0.5, 0.6) is 5.75 Å². The van der Waals surface area contributed by atoms with E-state index in [1.165, 1.54) is 6.07 Å². The highest BCUT2D eigenvalue weighted by Crippen LogP contribution is 2.17. The topological polar surface area (TPSA) is 108 Å². The number of Topliss-reactive ketones (excluding diaryl/α,β-unsaturated/α-hetero) is 1. The van der Waals surface area contributed by atoms with Gasteiger partial charge in [0.05, 0.1) is 0 Å². The summed E-state index contributed by atoms with van der Waals surface area (Å²) in [6, 6.07) is 11.7. The smallest absolute Gasteiger partial charge is 0.408 e. The van der Waals surface area contributed by atoms with E-state index in [-0.39, 0.29) is 31.0 Å². The fraction of sp³-hybridized carbons (Fsp3) is 0.348. The number of hydrogen-bond donors (Lipinski definition) is 2. The van der Waals surface area contributed by atoms with Crippen LogP contribution in [0.4, 0.5) is 9.18 Å². The molecule has 0 aromatic heterocycles. The summed E-state index contributed by atoms with van der Waals surface area (Å²) in [6.45, 7) is 5.15. The molecular weight excluding hydrogens is 403 g/mol. The number of carbonyl (C=O) groups is 3. The van der Waals surface area contributed by atoms with Gasteiger partial charge in [0.15, 0.2) is 5.78 Å². The monoisotopic (exact) mass is 430 g/mol. The first-order valence-corrected chi connectivity index (χ1v) is 9.83. The molecule has 0 bridgehead atoms. The second kappa shape index (κ2) is 10.6. The number of carbonyl (C=O) groups excluding carboxylic acids is 3. The van der Waals surface area contributed by atoms with Crippen molar-refractivity contribution in [1.29, 1.82) is 0 Å². The van der Waals surface area contributed by atoms with E-state index in [0.29, 0.717) is 16.9 Å². The summed E-state index contributed by atoms with van der Waals surface area (Å²) >= 11 is 0. The molecule has 0 heterocycles. The molecule has 1 atom stereocenters. The lowest BCUT2D eigenvalue weighted by Crippen LogP contribution is -2.46. The maximum absolute atomic E-state index is 13.6. The molecule has 0 saturated heterocycles. The summed E-state index contributed by atoms with van der Waals surface area (Å²) in [5, 5.41) is 2.39. The molecule has 2 aromatic rings.